The molecule has 2 aromatic carbocycles. The summed E-state index contributed by atoms with van der Waals surface area (Å²) in [4.78, 5) is 20.6. The van der Waals surface area contributed by atoms with E-state index >= 15 is 0 Å². The zero-order valence-electron chi connectivity index (χ0n) is 14.7. The number of hydrogen-bond donors (Lipinski definition) is 2. The van der Waals surface area contributed by atoms with Crippen molar-refractivity contribution in [2.75, 3.05) is 18.4 Å². The monoisotopic (exact) mass is 393 g/mol. The molecule has 4 aromatic rings. The van der Waals surface area contributed by atoms with Crippen LogP contribution in [0.1, 0.15) is 5.56 Å². The molecule has 0 aliphatic rings. The largest absolute Gasteiger partial charge is 0.506 e. The highest BCUT2D eigenvalue weighted by molar-refractivity contribution is 6.31. The van der Waals surface area contributed by atoms with Gasteiger partial charge in [-0.3, -0.25) is 9.98 Å². The number of aliphatic imine (C=N–C) groups is 1. The third-order valence-electron chi connectivity index (χ3n) is 4.30. The van der Waals surface area contributed by atoms with E-state index in [1.165, 1.54) is 6.21 Å². The molecular formula is C21H16ClN3O3. The van der Waals surface area contributed by atoms with Gasteiger partial charge in [0.15, 0.2) is 0 Å². The van der Waals surface area contributed by atoms with E-state index in [2.05, 4.69) is 15.3 Å². The van der Waals surface area contributed by atoms with E-state index in [0.717, 1.165) is 16.6 Å². The van der Waals surface area contributed by atoms with Gasteiger partial charge >= 0.3 is 5.63 Å². The summed E-state index contributed by atoms with van der Waals surface area (Å²) in [5, 5.41) is 15.7. The SMILES string of the molecule is O=c1oc2ccccc2c(O)c1C=NCCNc1ccnc2cc(Cl)ccc12. The number of hydrogen-bond acceptors (Lipinski definition) is 6. The van der Waals surface area contributed by atoms with Gasteiger partial charge in [0.05, 0.1) is 17.4 Å². The lowest BCUT2D eigenvalue weighted by Crippen LogP contribution is -2.09. The molecule has 0 fully saturated rings. The molecule has 2 heterocycles. The fraction of sp³-hybridized carbons (Fsp3) is 0.0952. The quantitative estimate of drug-likeness (QED) is 0.301. The molecule has 0 saturated carbocycles. The summed E-state index contributed by atoms with van der Waals surface area (Å²) in [6.45, 7) is 0.945. The first-order valence-corrected chi connectivity index (χ1v) is 9.04. The molecule has 0 spiro atoms. The number of aromatic hydroxyl groups is 1. The number of anilines is 1. The summed E-state index contributed by atoms with van der Waals surface area (Å²) < 4.78 is 5.22. The highest BCUT2D eigenvalue weighted by Crippen LogP contribution is 2.25. The summed E-state index contributed by atoms with van der Waals surface area (Å²) in [6, 6.07) is 14.2. The van der Waals surface area contributed by atoms with Gasteiger partial charge in [0, 0.05) is 35.1 Å². The topological polar surface area (TPSA) is 87.7 Å². The smallest absolute Gasteiger partial charge is 0.348 e. The third kappa shape index (κ3) is 3.54. The fourth-order valence-corrected chi connectivity index (χ4v) is 3.11. The molecule has 2 aromatic heterocycles. The van der Waals surface area contributed by atoms with Crippen LogP contribution in [0.25, 0.3) is 21.9 Å². The minimum Gasteiger partial charge on any atom is -0.506 e. The maximum absolute atomic E-state index is 12.1. The van der Waals surface area contributed by atoms with Crippen LogP contribution in [-0.4, -0.2) is 29.4 Å². The average molecular weight is 394 g/mol. The average Bonchev–Trinajstić information content (AvgIpc) is 2.69. The zero-order valence-corrected chi connectivity index (χ0v) is 15.5. The molecule has 6 nitrogen and oxygen atoms in total. The maximum Gasteiger partial charge on any atom is 0.348 e. The number of nitrogens with one attached hydrogen (secondary N) is 1. The minimum absolute atomic E-state index is 0.0442. The number of halogens is 1. The lowest BCUT2D eigenvalue weighted by molar-refractivity contribution is 0.466. The van der Waals surface area contributed by atoms with Gasteiger partial charge in [0.2, 0.25) is 0 Å². The Labute approximate surface area is 165 Å². The molecule has 0 saturated heterocycles. The second-order valence-electron chi connectivity index (χ2n) is 6.13. The van der Waals surface area contributed by atoms with Crippen LogP contribution in [0, 0.1) is 0 Å². The molecule has 0 radical (unpaired) electrons. The van der Waals surface area contributed by atoms with Crippen LogP contribution >= 0.6 is 11.6 Å². The Balaban J connectivity index is 1.47. The van der Waals surface area contributed by atoms with E-state index in [1.54, 1.807) is 30.5 Å². The van der Waals surface area contributed by atoms with Crippen molar-refractivity contribution in [3.8, 4) is 5.75 Å². The van der Waals surface area contributed by atoms with Gasteiger partial charge in [-0.2, -0.15) is 0 Å². The van der Waals surface area contributed by atoms with Gasteiger partial charge in [0.1, 0.15) is 16.9 Å². The fourth-order valence-electron chi connectivity index (χ4n) is 2.95. The molecule has 4 rings (SSSR count). The molecule has 140 valence electrons. The Morgan fingerprint density at radius 2 is 2.04 bits per heavy atom. The predicted molar refractivity (Wildman–Crippen MR) is 112 cm³/mol. The Morgan fingerprint density at radius 3 is 2.93 bits per heavy atom. The van der Waals surface area contributed by atoms with Crippen LogP contribution < -0.4 is 10.9 Å². The molecule has 0 aliphatic heterocycles. The van der Waals surface area contributed by atoms with Gasteiger partial charge in [0.25, 0.3) is 0 Å². The van der Waals surface area contributed by atoms with Gasteiger partial charge in [-0.05, 0) is 36.4 Å². The first-order chi connectivity index (χ1) is 13.6. The van der Waals surface area contributed by atoms with E-state index < -0.39 is 5.63 Å². The van der Waals surface area contributed by atoms with Crippen molar-refractivity contribution < 1.29 is 9.52 Å². The number of fused-ring (bicyclic) bond motifs is 2. The van der Waals surface area contributed by atoms with Crippen molar-refractivity contribution in [3.05, 3.63) is 75.7 Å². The predicted octanol–water partition coefficient (Wildman–Crippen LogP) is 4.23. The lowest BCUT2D eigenvalue weighted by atomic mass is 10.1. The maximum atomic E-state index is 12.1. The molecular weight excluding hydrogens is 378 g/mol. The van der Waals surface area contributed by atoms with Crippen LogP contribution in [0.4, 0.5) is 5.69 Å². The van der Waals surface area contributed by atoms with Crippen molar-refractivity contribution in [2.45, 2.75) is 0 Å². The second-order valence-corrected chi connectivity index (χ2v) is 6.57. The first-order valence-electron chi connectivity index (χ1n) is 8.66. The summed E-state index contributed by atoms with van der Waals surface area (Å²) in [6.07, 6.45) is 3.06. The molecule has 2 N–H and O–H groups in total. The highest BCUT2D eigenvalue weighted by atomic mass is 35.5. The number of benzene rings is 2. The van der Waals surface area contributed by atoms with Crippen LogP contribution in [0.3, 0.4) is 0 Å². The van der Waals surface area contributed by atoms with E-state index in [1.807, 2.05) is 24.3 Å². The first kappa shape index (κ1) is 18.0. The van der Waals surface area contributed by atoms with Crippen LogP contribution in [0.5, 0.6) is 5.75 Å². The molecule has 0 atom stereocenters. The van der Waals surface area contributed by atoms with Crippen molar-refractivity contribution in [3.63, 3.8) is 0 Å². The third-order valence-corrected chi connectivity index (χ3v) is 4.54. The molecule has 0 unspecified atom stereocenters. The molecule has 28 heavy (non-hydrogen) atoms. The summed E-state index contributed by atoms with van der Waals surface area (Å²) in [5.74, 6) is -0.124. The van der Waals surface area contributed by atoms with Crippen molar-refractivity contribution in [1.82, 2.24) is 4.98 Å². The zero-order chi connectivity index (χ0) is 19.5. The summed E-state index contributed by atoms with van der Waals surface area (Å²) in [5.41, 5.74) is 1.49. The van der Waals surface area contributed by atoms with E-state index in [9.17, 15) is 9.90 Å². The Kier molecular flexibility index (Phi) is 4.95. The Hall–Kier alpha value is -3.38. The highest BCUT2D eigenvalue weighted by Gasteiger charge is 2.11. The lowest BCUT2D eigenvalue weighted by Gasteiger charge is -2.08. The molecule has 0 aliphatic carbocycles. The van der Waals surface area contributed by atoms with Gasteiger partial charge in [-0.1, -0.05) is 23.7 Å². The van der Waals surface area contributed by atoms with Crippen LogP contribution in [0.15, 0.2) is 68.9 Å². The second kappa shape index (κ2) is 7.70. The van der Waals surface area contributed by atoms with Crippen molar-refractivity contribution in [1.29, 1.82) is 0 Å². The van der Waals surface area contributed by atoms with Crippen molar-refractivity contribution >= 4 is 45.4 Å². The van der Waals surface area contributed by atoms with Crippen LogP contribution in [-0.2, 0) is 0 Å². The number of nitrogens with zero attached hydrogens (tertiary/aromatic N) is 2. The van der Waals surface area contributed by atoms with Crippen molar-refractivity contribution in [2.24, 2.45) is 4.99 Å². The Bertz CT molecular complexity index is 1250. The van der Waals surface area contributed by atoms with Gasteiger partial charge in [-0.25, -0.2) is 4.79 Å². The summed E-state index contributed by atoms with van der Waals surface area (Å²) >= 11 is 6.00. The van der Waals surface area contributed by atoms with E-state index in [4.69, 9.17) is 16.0 Å². The number of para-hydroxylation sites is 1. The number of rotatable bonds is 5. The van der Waals surface area contributed by atoms with E-state index in [0.29, 0.717) is 29.1 Å². The van der Waals surface area contributed by atoms with Gasteiger partial charge in [-0.15, -0.1) is 0 Å². The normalized spacial score (nSPS) is 11.5. The number of aromatic nitrogens is 1. The summed E-state index contributed by atoms with van der Waals surface area (Å²) in [7, 11) is 0. The van der Waals surface area contributed by atoms with Gasteiger partial charge < -0.3 is 14.8 Å². The molecule has 7 heteroatoms. The molecule has 0 bridgehead atoms. The molecule has 0 amide bonds. The number of pyridine rings is 1. The van der Waals surface area contributed by atoms with E-state index in [-0.39, 0.29) is 11.3 Å². The standard InChI is InChI=1S/C21H16ClN3O3/c22-13-5-6-14-17(7-8-24-18(14)11-13)25-10-9-23-12-16-20(26)15-3-1-2-4-19(15)28-21(16)27/h1-8,11-12,26H,9-10H2,(H,24,25). The minimum atomic E-state index is -0.620. The van der Waals surface area contributed by atoms with Crippen LogP contribution in [0.2, 0.25) is 5.02 Å². The Morgan fingerprint density at radius 1 is 1.18 bits per heavy atom.